The van der Waals surface area contributed by atoms with Crippen LogP contribution in [0.2, 0.25) is 0 Å². The minimum Gasteiger partial charge on any atom is -0.370 e. The number of nitrogens with one attached hydrogen (secondary N) is 1. The number of hydrogen-bond donors (Lipinski definition) is 1. The van der Waals surface area contributed by atoms with Gasteiger partial charge >= 0.3 is 12.4 Å². The molecule has 0 bridgehead atoms. The molecule has 1 aromatic heterocycles. The van der Waals surface area contributed by atoms with Crippen molar-refractivity contribution in [1.29, 1.82) is 0 Å². The summed E-state index contributed by atoms with van der Waals surface area (Å²) < 4.78 is 79.6. The molecule has 0 saturated carbocycles. The summed E-state index contributed by atoms with van der Waals surface area (Å²) in [6.07, 6.45) is -6.65. The summed E-state index contributed by atoms with van der Waals surface area (Å²) in [5, 5.41) is 7.72. The second-order valence-corrected chi connectivity index (χ2v) is 7.09. The van der Waals surface area contributed by atoms with Crippen molar-refractivity contribution in [3.63, 3.8) is 0 Å². The lowest BCUT2D eigenvalue weighted by atomic mass is 10.0. The maximum atomic E-state index is 13.2. The maximum Gasteiger partial charge on any atom is 0.416 e. The van der Waals surface area contributed by atoms with Crippen molar-refractivity contribution in [1.82, 2.24) is 9.78 Å². The van der Waals surface area contributed by atoms with Crippen molar-refractivity contribution in [3.8, 4) is 16.9 Å². The van der Waals surface area contributed by atoms with Crippen molar-refractivity contribution in [3.05, 3.63) is 65.2 Å². The molecule has 0 amide bonds. The van der Waals surface area contributed by atoms with Crippen LogP contribution in [0.4, 0.5) is 32.2 Å². The number of benzene rings is 2. The molecule has 0 unspecified atom stereocenters. The van der Waals surface area contributed by atoms with Gasteiger partial charge in [-0.05, 0) is 55.7 Å². The molecule has 0 aliphatic carbocycles. The second-order valence-electron chi connectivity index (χ2n) is 7.09. The Labute approximate surface area is 168 Å². The lowest BCUT2D eigenvalue weighted by molar-refractivity contribution is -0.138. The Kier molecular flexibility index (Phi) is 4.99. The van der Waals surface area contributed by atoms with Crippen LogP contribution in [0.25, 0.3) is 16.9 Å². The molecule has 1 aliphatic heterocycles. The number of aromatic nitrogens is 2. The summed E-state index contributed by atoms with van der Waals surface area (Å²) in [5.41, 5.74) is 0.300. The van der Waals surface area contributed by atoms with Gasteiger partial charge < -0.3 is 5.32 Å². The van der Waals surface area contributed by atoms with Crippen molar-refractivity contribution >= 4 is 5.82 Å². The molecule has 30 heavy (non-hydrogen) atoms. The highest BCUT2D eigenvalue weighted by Gasteiger charge is 2.32. The van der Waals surface area contributed by atoms with Crippen LogP contribution in [0.3, 0.4) is 0 Å². The van der Waals surface area contributed by atoms with E-state index in [9.17, 15) is 26.3 Å². The van der Waals surface area contributed by atoms with Gasteiger partial charge in [0.25, 0.3) is 0 Å². The van der Waals surface area contributed by atoms with Gasteiger partial charge in [0.05, 0.1) is 22.5 Å². The molecular weight excluding hydrogens is 408 g/mol. The van der Waals surface area contributed by atoms with Gasteiger partial charge in [0.15, 0.2) is 0 Å². The Morgan fingerprint density at radius 1 is 0.833 bits per heavy atom. The van der Waals surface area contributed by atoms with E-state index in [4.69, 9.17) is 0 Å². The Morgan fingerprint density at radius 3 is 2.20 bits per heavy atom. The lowest BCUT2D eigenvalue weighted by Crippen LogP contribution is -2.08. The van der Waals surface area contributed by atoms with Gasteiger partial charge in [-0.3, -0.25) is 0 Å². The normalized spacial score (nSPS) is 14.7. The molecule has 158 valence electrons. The highest BCUT2D eigenvalue weighted by atomic mass is 19.4. The van der Waals surface area contributed by atoms with Gasteiger partial charge in [0.1, 0.15) is 5.82 Å². The van der Waals surface area contributed by atoms with E-state index in [1.165, 1.54) is 22.9 Å². The molecule has 1 N–H and O–H groups in total. The summed E-state index contributed by atoms with van der Waals surface area (Å²) in [7, 11) is 0. The molecule has 1 aliphatic rings. The fraction of sp³-hybridized carbons (Fsp3) is 0.286. The molecule has 0 fully saturated rings. The molecule has 3 nitrogen and oxygen atoms in total. The SMILES string of the molecule is FC(F)(F)c1ccc(-n2nc(-c3cccc(C(F)(F)F)c3)c3c2NCCCC3)cc1. The van der Waals surface area contributed by atoms with E-state index in [-0.39, 0.29) is 0 Å². The number of alkyl halides is 6. The summed E-state index contributed by atoms with van der Waals surface area (Å²) in [5.74, 6) is 0.597. The molecule has 0 spiro atoms. The van der Waals surface area contributed by atoms with E-state index in [1.54, 1.807) is 6.07 Å². The average Bonchev–Trinajstić information content (AvgIpc) is 2.88. The van der Waals surface area contributed by atoms with Gasteiger partial charge in [0, 0.05) is 17.7 Å². The van der Waals surface area contributed by atoms with E-state index in [1.807, 2.05) is 0 Å². The van der Waals surface area contributed by atoms with E-state index in [2.05, 4.69) is 10.4 Å². The lowest BCUT2D eigenvalue weighted by Gasteiger charge is -2.11. The molecule has 4 rings (SSSR count). The predicted octanol–water partition coefficient (Wildman–Crippen LogP) is 6.33. The molecule has 2 aromatic carbocycles. The highest BCUT2D eigenvalue weighted by Crippen LogP contribution is 2.37. The molecule has 3 aromatic rings. The highest BCUT2D eigenvalue weighted by molar-refractivity contribution is 5.72. The monoisotopic (exact) mass is 425 g/mol. The van der Waals surface area contributed by atoms with Crippen molar-refractivity contribution < 1.29 is 26.3 Å². The third-order valence-electron chi connectivity index (χ3n) is 5.03. The van der Waals surface area contributed by atoms with Crippen LogP contribution in [0.1, 0.15) is 29.5 Å². The first-order valence-corrected chi connectivity index (χ1v) is 9.35. The third kappa shape index (κ3) is 3.88. The first-order chi connectivity index (χ1) is 14.1. The first kappa shape index (κ1) is 20.3. The summed E-state index contributed by atoms with van der Waals surface area (Å²) in [4.78, 5) is 0. The van der Waals surface area contributed by atoms with Gasteiger partial charge in [-0.1, -0.05) is 12.1 Å². The van der Waals surface area contributed by atoms with Gasteiger partial charge in [-0.2, -0.15) is 31.4 Å². The van der Waals surface area contributed by atoms with Crippen LogP contribution in [0, 0.1) is 0 Å². The Morgan fingerprint density at radius 2 is 1.53 bits per heavy atom. The van der Waals surface area contributed by atoms with Crippen LogP contribution in [0.5, 0.6) is 0 Å². The number of anilines is 1. The van der Waals surface area contributed by atoms with E-state index in [0.29, 0.717) is 35.7 Å². The first-order valence-electron chi connectivity index (χ1n) is 9.35. The second kappa shape index (κ2) is 7.37. The minimum absolute atomic E-state index is 0.315. The third-order valence-corrected chi connectivity index (χ3v) is 5.03. The summed E-state index contributed by atoms with van der Waals surface area (Å²) >= 11 is 0. The van der Waals surface area contributed by atoms with E-state index >= 15 is 0 Å². The minimum atomic E-state index is -4.48. The quantitative estimate of drug-likeness (QED) is 0.487. The fourth-order valence-electron chi connectivity index (χ4n) is 3.56. The van der Waals surface area contributed by atoms with E-state index in [0.717, 1.165) is 42.7 Å². The van der Waals surface area contributed by atoms with E-state index < -0.39 is 23.5 Å². The number of hydrogen-bond acceptors (Lipinski definition) is 2. The number of halogens is 6. The zero-order valence-corrected chi connectivity index (χ0v) is 15.6. The Bertz CT molecular complexity index is 1050. The van der Waals surface area contributed by atoms with Crippen LogP contribution < -0.4 is 5.32 Å². The predicted molar refractivity (Wildman–Crippen MR) is 100 cm³/mol. The smallest absolute Gasteiger partial charge is 0.370 e. The van der Waals surface area contributed by atoms with Crippen LogP contribution >= 0.6 is 0 Å². The fourth-order valence-corrected chi connectivity index (χ4v) is 3.56. The molecular formula is C21H17F6N3. The summed E-state index contributed by atoms with van der Waals surface area (Å²) in [6.45, 7) is 0.640. The molecule has 0 atom stereocenters. The number of rotatable bonds is 2. The van der Waals surface area contributed by atoms with Crippen molar-refractivity contribution in [2.24, 2.45) is 0 Å². The van der Waals surface area contributed by atoms with Gasteiger partial charge in [0.2, 0.25) is 0 Å². The maximum absolute atomic E-state index is 13.2. The standard InChI is InChI=1S/C21H17F6N3/c22-20(23,24)14-7-9-16(10-8-14)30-19-17(6-1-2-11-28-19)18(29-30)13-4-3-5-15(12-13)21(25,26)27/h3-5,7-10,12,28H,1-2,6,11H2. The number of fused-ring (bicyclic) bond motifs is 1. The van der Waals surface area contributed by atoms with Crippen molar-refractivity contribution in [2.75, 3.05) is 11.9 Å². The Hall–Kier alpha value is -2.97. The van der Waals surface area contributed by atoms with Gasteiger partial charge in [-0.25, -0.2) is 4.68 Å². The molecule has 0 radical (unpaired) electrons. The van der Waals surface area contributed by atoms with Crippen LogP contribution in [0.15, 0.2) is 48.5 Å². The molecule has 2 heterocycles. The van der Waals surface area contributed by atoms with Crippen LogP contribution in [-0.2, 0) is 18.8 Å². The van der Waals surface area contributed by atoms with Crippen LogP contribution in [-0.4, -0.2) is 16.3 Å². The summed E-state index contributed by atoms with van der Waals surface area (Å²) in [6, 6.07) is 9.45. The molecule has 0 saturated heterocycles. The topological polar surface area (TPSA) is 29.9 Å². The zero-order valence-electron chi connectivity index (χ0n) is 15.6. The molecule has 9 heteroatoms. The van der Waals surface area contributed by atoms with Crippen molar-refractivity contribution in [2.45, 2.75) is 31.6 Å². The largest absolute Gasteiger partial charge is 0.416 e. The zero-order chi connectivity index (χ0) is 21.5. The van der Waals surface area contributed by atoms with Gasteiger partial charge in [-0.15, -0.1) is 0 Å². The Balaban J connectivity index is 1.83. The number of nitrogens with zero attached hydrogens (tertiary/aromatic N) is 2. The average molecular weight is 425 g/mol.